The first-order valence-electron chi connectivity index (χ1n) is 9.61. The summed E-state index contributed by atoms with van der Waals surface area (Å²) in [6, 6.07) is 14.6. The Morgan fingerprint density at radius 2 is 1.26 bits per heavy atom. The van der Waals surface area contributed by atoms with Crippen LogP contribution in [0.1, 0.15) is 17.0 Å². The van der Waals surface area contributed by atoms with Crippen LogP contribution >= 0.6 is 8.58 Å². The summed E-state index contributed by atoms with van der Waals surface area (Å²) in [5.74, 6) is -2.85. The molecular weight excluding hydrogens is 423 g/mol. The Hall–Kier alpha value is -3.11. The first-order chi connectivity index (χ1) is 15.0. The van der Waals surface area contributed by atoms with Crippen LogP contribution in [0.5, 0.6) is 0 Å². The predicted molar refractivity (Wildman–Crippen MR) is 114 cm³/mol. The summed E-state index contributed by atoms with van der Waals surface area (Å²) in [5.41, 5.74) is 2.88. The van der Waals surface area contributed by atoms with Gasteiger partial charge >= 0.3 is 0 Å². The first kappa shape index (κ1) is 19.8. The van der Waals surface area contributed by atoms with Gasteiger partial charge in [0.15, 0.2) is 0 Å². The van der Waals surface area contributed by atoms with Gasteiger partial charge in [-0.05, 0) is 53.4 Å². The SMILES string of the molecule is Fc1cc(F)c2c(c1)CPc1cc(F)cc(F)c1-c1cccc(n1)Cc1cccc-2n1. The second-order valence-corrected chi connectivity index (χ2v) is 8.54. The third-order valence-electron chi connectivity index (χ3n) is 5.15. The number of hydrogen-bond donors (Lipinski definition) is 0. The van der Waals surface area contributed by atoms with Crippen LogP contribution < -0.4 is 5.30 Å². The molecule has 1 unspecified atom stereocenters. The molecule has 5 rings (SSSR count). The molecule has 7 heteroatoms. The van der Waals surface area contributed by atoms with E-state index in [0.717, 1.165) is 12.1 Å². The average molecular weight is 438 g/mol. The molecule has 2 aromatic carbocycles. The highest BCUT2D eigenvalue weighted by atomic mass is 31.1. The van der Waals surface area contributed by atoms with Gasteiger partial charge in [-0.25, -0.2) is 17.6 Å². The van der Waals surface area contributed by atoms with Gasteiger partial charge < -0.3 is 0 Å². The third-order valence-corrected chi connectivity index (χ3v) is 6.48. The van der Waals surface area contributed by atoms with Gasteiger partial charge in [0.1, 0.15) is 23.3 Å². The van der Waals surface area contributed by atoms with E-state index in [-0.39, 0.29) is 25.9 Å². The van der Waals surface area contributed by atoms with Crippen molar-refractivity contribution in [1.29, 1.82) is 0 Å². The van der Waals surface area contributed by atoms with E-state index in [4.69, 9.17) is 0 Å². The zero-order chi connectivity index (χ0) is 21.5. The quantitative estimate of drug-likeness (QED) is 0.257. The minimum atomic E-state index is -0.719. The molecule has 0 saturated carbocycles. The minimum Gasteiger partial charge on any atom is -0.252 e. The van der Waals surface area contributed by atoms with E-state index in [1.165, 1.54) is 12.1 Å². The molecule has 1 atom stereocenters. The molecule has 0 saturated heterocycles. The molecule has 1 aliphatic rings. The van der Waals surface area contributed by atoms with Crippen molar-refractivity contribution in [2.24, 2.45) is 0 Å². The fraction of sp³-hybridized carbons (Fsp3) is 0.0833. The number of nitrogens with zero attached hydrogens (tertiary/aromatic N) is 2. The van der Waals surface area contributed by atoms with Crippen molar-refractivity contribution in [3.05, 3.63) is 101 Å². The van der Waals surface area contributed by atoms with Gasteiger partial charge in [0.25, 0.3) is 0 Å². The molecule has 0 spiro atoms. The van der Waals surface area contributed by atoms with Crippen molar-refractivity contribution < 1.29 is 17.6 Å². The van der Waals surface area contributed by atoms with Crippen LogP contribution in [0.4, 0.5) is 17.6 Å². The van der Waals surface area contributed by atoms with E-state index in [0.29, 0.717) is 40.1 Å². The molecule has 2 nitrogen and oxygen atoms in total. The zero-order valence-corrected chi connectivity index (χ0v) is 17.1. The molecule has 0 amide bonds. The molecule has 0 fully saturated rings. The van der Waals surface area contributed by atoms with Crippen LogP contribution in [0.2, 0.25) is 0 Å². The standard InChI is InChI=1S/C24H15F4N2P/c25-14-7-13-12-31-22-10-15(26)9-19(28)24(22)21-6-2-4-17(30-21)11-16-3-1-5-20(29-16)23(13)18(27)8-14/h1-10,31H,11-12H2. The first-order valence-corrected chi connectivity index (χ1v) is 10.8. The average Bonchev–Trinajstić information content (AvgIpc) is 2.71. The predicted octanol–water partition coefficient (Wildman–Crippen LogP) is 5.78. The number of fused-ring (bicyclic) bond motifs is 8. The molecular formula is C24H15F4N2P. The summed E-state index contributed by atoms with van der Waals surface area (Å²) < 4.78 is 57.8. The molecule has 4 aromatic rings. The smallest absolute Gasteiger partial charge is 0.136 e. The zero-order valence-electron chi connectivity index (χ0n) is 16.1. The van der Waals surface area contributed by atoms with Gasteiger partial charge in [-0.1, -0.05) is 20.7 Å². The van der Waals surface area contributed by atoms with Crippen molar-refractivity contribution >= 4 is 13.9 Å². The molecule has 0 N–H and O–H groups in total. The Morgan fingerprint density at radius 3 is 1.94 bits per heavy atom. The third kappa shape index (κ3) is 3.84. The minimum absolute atomic E-state index is 0.134. The van der Waals surface area contributed by atoms with Crippen molar-refractivity contribution in [3.63, 3.8) is 0 Å². The van der Waals surface area contributed by atoms with E-state index in [2.05, 4.69) is 9.97 Å². The second-order valence-electron chi connectivity index (χ2n) is 7.29. The Labute approximate surface area is 177 Å². The van der Waals surface area contributed by atoms with Crippen LogP contribution in [0.25, 0.3) is 22.5 Å². The fourth-order valence-electron chi connectivity index (χ4n) is 3.84. The summed E-state index contributed by atoms with van der Waals surface area (Å²) in [4.78, 5) is 9.14. The van der Waals surface area contributed by atoms with Crippen LogP contribution in [0.15, 0.2) is 60.7 Å². The number of hydrogen-bond acceptors (Lipinski definition) is 2. The second kappa shape index (κ2) is 7.86. The highest BCUT2D eigenvalue weighted by Crippen LogP contribution is 2.34. The summed E-state index contributed by atoms with van der Waals surface area (Å²) in [7, 11) is -0.134. The van der Waals surface area contributed by atoms with E-state index < -0.39 is 23.3 Å². The van der Waals surface area contributed by atoms with Gasteiger partial charge in [-0.2, -0.15) is 0 Å². The monoisotopic (exact) mass is 438 g/mol. The maximum atomic E-state index is 14.8. The van der Waals surface area contributed by atoms with E-state index in [1.807, 2.05) is 0 Å². The van der Waals surface area contributed by atoms with Crippen LogP contribution in [-0.2, 0) is 12.6 Å². The number of aromatic nitrogens is 2. The number of halogens is 4. The van der Waals surface area contributed by atoms with Gasteiger partial charge in [0, 0.05) is 41.1 Å². The van der Waals surface area contributed by atoms with Gasteiger partial charge in [-0.15, -0.1) is 0 Å². The topological polar surface area (TPSA) is 25.8 Å². The molecule has 1 aliphatic heterocycles. The van der Waals surface area contributed by atoms with E-state index in [1.54, 1.807) is 36.4 Å². The molecule has 154 valence electrons. The van der Waals surface area contributed by atoms with E-state index >= 15 is 0 Å². The number of rotatable bonds is 0. The van der Waals surface area contributed by atoms with Crippen molar-refractivity contribution in [2.75, 3.05) is 0 Å². The highest BCUT2D eigenvalue weighted by Gasteiger charge is 2.20. The lowest BCUT2D eigenvalue weighted by Crippen LogP contribution is -2.08. The molecule has 2 aromatic heterocycles. The van der Waals surface area contributed by atoms with Crippen LogP contribution in [0.3, 0.4) is 0 Å². The molecule has 0 radical (unpaired) electrons. The van der Waals surface area contributed by atoms with Crippen molar-refractivity contribution in [1.82, 2.24) is 9.97 Å². The molecule has 0 aliphatic carbocycles. The van der Waals surface area contributed by atoms with Gasteiger partial charge in [-0.3, -0.25) is 9.97 Å². The fourth-order valence-corrected chi connectivity index (χ4v) is 5.16. The van der Waals surface area contributed by atoms with Crippen molar-refractivity contribution in [2.45, 2.75) is 12.6 Å². The Morgan fingerprint density at radius 1 is 0.677 bits per heavy atom. The van der Waals surface area contributed by atoms with Gasteiger partial charge in [0.05, 0.1) is 11.4 Å². The van der Waals surface area contributed by atoms with Crippen LogP contribution in [-0.4, -0.2) is 9.97 Å². The summed E-state index contributed by atoms with van der Waals surface area (Å²) in [6.07, 6.45) is 0.547. The Balaban J connectivity index is 1.77. The highest BCUT2D eigenvalue weighted by molar-refractivity contribution is 7.46. The lowest BCUT2D eigenvalue weighted by Gasteiger charge is -2.14. The van der Waals surface area contributed by atoms with Crippen molar-refractivity contribution in [3.8, 4) is 22.5 Å². The number of benzene rings is 2. The Kier molecular flexibility index (Phi) is 5.03. The summed E-state index contributed by atoms with van der Waals surface area (Å²) in [5, 5.41) is 0.414. The maximum Gasteiger partial charge on any atom is 0.136 e. The van der Waals surface area contributed by atoms with Gasteiger partial charge in [0.2, 0.25) is 0 Å². The Bertz CT molecular complexity index is 1220. The molecule has 3 heterocycles. The largest absolute Gasteiger partial charge is 0.252 e. The lowest BCUT2D eigenvalue weighted by molar-refractivity contribution is 0.583. The number of pyridine rings is 2. The van der Waals surface area contributed by atoms with Crippen LogP contribution in [0, 0.1) is 23.3 Å². The summed E-state index contributed by atoms with van der Waals surface area (Å²) >= 11 is 0. The lowest BCUT2D eigenvalue weighted by atomic mass is 10.0. The maximum absolute atomic E-state index is 14.8. The summed E-state index contributed by atoms with van der Waals surface area (Å²) in [6.45, 7) is 0. The molecule has 4 bridgehead atoms. The van der Waals surface area contributed by atoms with E-state index in [9.17, 15) is 17.6 Å². The molecule has 31 heavy (non-hydrogen) atoms. The normalized spacial score (nSPS) is 13.5.